The quantitative estimate of drug-likeness (QED) is 0.761. The lowest BCUT2D eigenvalue weighted by atomic mass is 9.99. The van der Waals surface area contributed by atoms with Crippen molar-refractivity contribution in [1.82, 2.24) is 15.1 Å². The van der Waals surface area contributed by atoms with Gasteiger partial charge in [0.15, 0.2) is 0 Å². The first-order chi connectivity index (χ1) is 9.00. The third-order valence-electron chi connectivity index (χ3n) is 4.08. The molecule has 1 aliphatic heterocycles. The Bertz CT molecular complexity index is 289. The molecule has 1 unspecified atom stereocenters. The molecule has 1 heterocycles. The molecule has 1 rings (SSSR count). The van der Waals surface area contributed by atoms with Gasteiger partial charge in [-0.1, -0.05) is 6.92 Å². The molecule has 4 heteroatoms. The van der Waals surface area contributed by atoms with E-state index in [2.05, 4.69) is 42.0 Å². The van der Waals surface area contributed by atoms with Crippen LogP contribution in [-0.4, -0.2) is 60.6 Å². The summed E-state index contributed by atoms with van der Waals surface area (Å²) in [6.07, 6.45) is 1.98. The Labute approximate surface area is 118 Å². The maximum absolute atomic E-state index is 9.32. The van der Waals surface area contributed by atoms with E-state index in [-0.39, 0.29) is 5.54 Å². The van der Waals surface area contributed by atoms with Gasteiger partial charge in [0.2, 0.25) is 0 Å². The fourth-order valence-electron chi connectivity index (χ4n) is 2.47. The summed E-state index contributed by atoms with van der Waals surface area (Å²) in [4.78, 5) is 5.01. The molecular formula is C15H30N4. The number of nitrogens with zero attached hydrogens (tertiary/aromatic N) is 3. The average Bonchev–Trinajstić information content (AvgIpc) is 2.43. The summed E-state index contributed by atoms with van der Waals surface area (Å²) in [5.74, 6) is 0. The topological polar surface area (TPSA) is 42.3 Å². The lowest BCUT2D eigenvalue weighted by Crippen LogP contribution is -2.51. The van der Waals surface area contributed by atoms with Gasteiger partial charge in [0, 0.05) is 38.8 Å². The molecular weight excluding hydrogens is 236 g/mol. The van der Waals surface area contributed by atoms with E-state index in [1.54, 1.807) is 0 Å². The van der Waals surface area contributed by atoms with Crippen LogP contribution in [0.25, 0.3) is 0 Å². The molecule has 0 radical (unpaired) electrons. The second-order valence-electron chi connectivity index (χ2n) is 6.09. The van der Waals surface area contributed by atoms with E-state index in [9.17, 15) is 5.26 Å². The van der Waals surface area contributed by atoms with Gasteiger partial charge < -0.3 is 4.90 Å². The van der Waals surface area contributed by atoms with Crippen LogP contribution >= 0.6 is 0 Å². The smallest absolute Gasteiger partial charge is 0.105 e. The fraction of sp³-hybridized carbons (Fsp3) is 0.933. The number of hydrogen-bond donors (Lipinski definition) is 1. The number of nitrogens with one attached hydrogen (secondary N) is 1. The molecule has 1 aliphatic rings. The van der Waals surface area contributed by atoms with Gasteiger partial charge in [0.1, 0.15) is 5.54 Å². The predicted octanol–water partition coefficient (Wildman–Crippen LogP) is 1.68. The van der Waals surface area contributed by atoms with E-state index >= 15 is 0 Å². The van der Waals surface area contributed by atoms with Crippen LogP contribution in [0.4, 0.5) is 0 Å². The summed E-state index contributed by atoms with van der Waals surface area (Å²) in [7, 11) is 0. The van der Waals surface area contributed by atoms with Crippen LogP contribution in [0.3, 0.4) is 0 Å². The summed E-state index contributed by atoms with van der Waals surface area (Å²) in [5, 5.41) is 12.7. The van der Waals surface area contributed by atoms with E-state index in [1.807, 2.05) is 6.92 Å². The number of hydrogen-bond acceptors (Lipinski definition) is 4. The Balaban J connectivity index is 2.31. The molecule has 0 aromatic carbocycles. The molecule has 0 aromatic rings. The molecule has 1 saturated heterocycles. The van der Waals surface area contributed by atoms with E-state index < -0.39 is 0 Å². The van der Waals surface area contributed by atoms with Gasteiger partial charge in [0.05, 0.1) is 6.07 Å². The summed E-state index contributed by atoms with van der Waals surface area (Å²) < 4.78 is 0. The van der Waals surface area contributed by atoms with E-state index in [1.165, 1.54) is 0 Å². The summed E-state index contributed by atoms with van der Waals surface area (Å²) in [6.45, 7) is 15.2. The SMILES string of the molecule is CCCNC(C)(C#N)CCN1CCN(C(C)C)CC1. The molecule has 0 spiro atoms. The maximum atomic E-state index is 9.32. The van der Waals surface area contributed by atoms with Crippen LogP contribution < -0.4 is 5.32 Å². The normalized spacial score (nSPS) is 21.3. The lowest BCUT2D eigenvalue weighted by Gasteiger charge is -2.38. The van der Waals surface area contributed by atoms with Crippen LogP contribution in [0.2, 0.25) is 0 Å². The molecule has 19 heavy (non-hydrogen) atoms. The predicted molar refractivity (Wildman–Crippen MR) is 80.1 cm³/mol. The zero-order chi connectivity index (χ0) is 14.3. The molecule has 1 atom stereocenters. The van der Waals surface area contributed by atoms with Crippen molar-refractivity contribution in [2.45, 2.75) is 52.1 Å². The molecule has 0 bridgehead atoms. The Hall–Kier alpha value is -0.630. The highest BCUT2D eigenvalue weighted by Gasteiger charge is 2.25. The third kappa shape index (κ3) is 5.48. The van der Waals surface area contributed by atoms with Crippen LogP contribution in [-0.2, 0) is 0 Å². The Kier molecular flexibility index (Phi) is 6.78. The minimum absolute atomic E-state index is 0.370. The first-order valence-corrected chi connectivity index (χ1v) is 7.63. The van der Waals surface area contributed by atoms with Crippen molar-refractivity contribution < 1.29 is 0 Å². The van der Waals surface area contributed by atoms with E-state index in [0.717, 1.165) is 52.1 Å². The second-order valence-corrected chi connectivity index (χ2v) is 6.09. The standard InChI is InChI=1S/C15H30N4/c1-5-7-17-15(4,13-16)6-8-18-9-11-19(12-10-18)14(2)3/h14,17H,5-12H2,1-4H3. The molecule has 0 saturated carbocycles. The fourth-order valence-corrected chi connectivity index (χ4v) is 2.47. The summed E-state index contributed by atoms with van der Waals surface area (Å²) in [6, 6.07) is 3.08. The molecule has 0 amide bonds. The Morgan fingerprint density at radius 1 is 1.26 bits per heavy atom. The van der Waals surface area contributed by atoms with Crippen LogP contribution in [0, 0.1) is 11.3 Å². The lowest BCUT2D eigenvalue weighted by molar-refractivity contribution is 0.103. The van der Waals surface area contributed by atoms with Gasteiger partial charge >= 0.3 is 0 Å². The van der Waals surface area contributed by atoms with E-state index in [4.69, 9.17) is 0 Å². The minimum Gasteiger partial charge on any atom is -0.301 e. The highest BCUT2D eigenvalue weighted by molar-refractivity contribution is 5.04. The summed E-state index contributed by atoms with van der Waals surface area (Å²) in [5.41, 5.74) is -0.370. The maximum Gasteiger partial charge on any atom is 0.105 e. The van der Waals surface area contributed by atoms with Gasteiger partial charge in [-0.3, -0.25) is 10.2 Å². The van der Waals surface area contributed by atoms with Crippen molar-refractivity contribution in [3.8, 4) is 6.07 Å². The molecule has 1 N–H and O–H groups in total. The highest BCUT2D eigenvalue weighted by atomic mass is 15.3. The molecule has 110 valence electrons. The Morgan fingerprint density at radius 3 is 2.37 bits per heavy atom. The monoisotopic (exact) mass is 266 g/mol. The minimum atomic E-state index is -0.370. The van der Waals surface area contributed by atoms with Crippen molar-refractivity contribution in [2.24, 2.45) is 0 Å². The second kappa shape index (κ2) is 7.84. The molecule has 4 nitrogen and oxygen atoms in total. The zero-order valence-electron chi connectivity index (χ0n) is 13.1. The molecule has 0 aliphatic carbocycles. The number of rotatable bonds is 7. The third-order valence-corrected chi connectivity index (χ3v) is 4.08. The van der Waals surface area contributed by atoms with Crippen LogP contribution in [0.1, 0.15) is 40.5 Å². The highest BCUT2D eigenvalue weighted by Crippen LogP contribution is 2.12. The van der Waals surface area contributed by atoms with Gasteiger partial charge in [-0.2, -0.15) is 5.26 Å². The number of piperazine rings is 1. The van der Waals surface area contributed by atoms with Crippen LogP contribution in [0.5, 0.6) is 0 Å². The summed E-state index contributed by atoms with van der Waals surface area (Å²) >= 11 is 0. The van der Waals surface area contributed by atoms with Gasteiger partial charge in [-0.05, 0) is 40.2 Å². The van der Waals surface area contributed by atoms with Crippen molar-refractivity contribution in [3.05, 3.63) is 0 Å². The van der Waals surface area contributed by atoms with Crippen molar-refractivity contribution >= 4 is 0 Å². The number of nitriles is 1. The van der Waals surface area contributed by atoms with Crippen molar-refractivity contribution in [1.29, 1.82) is 5.26 Å². The van der Waals surface area contributed by atoms with Crippen LogP contribution in [0.15, 0.2) is 0 Å². The van der Waals surface area contributed by atoms with Gasteiger partial charge in [-0.25, -0.2) is 0 Å². The van der Waals surface area contributed by atoms with Crippen molar-refractivity contribution in [2.75, 3.05) is 39.3 Å². The average molecular weight is 266 g/mol. The van der Waals surface area contributed by atoms with Gasteiger partial charge in [0.25, 0.3) is 0 Å². The van der Waals surface area contributed by atoms with E-state index in [0.29, 0.717) is 6.04 Å². The Morgan fingerprint density at radius 2 is 1.89 bits per heavy atom. The first kappa shape index (κ1) is 16.4. The molecule has 0 aromatic heterocycles. The largest absolute Gasteiger partial charge is 0.301 e. The zero-order valence-corrected chi connectivity index (χ0v) is 13.1. The van der Waals surface area contributed by atoms with Crippen molar-refractivity contribution in [3.63, 3.8) is 0 Å². The van der Waals surface area contributed by atoms with Gasteiger partial charge in [-0.15, -0.1) is 0 Å². The molecule has 1 fully saturated rings. The first-order valence-electron chi connectivity index (χ1n) is 7.63.